The number of halogens is 1. The van der Waals surface area contributed by atoms with Gasteiger partial charge in [-0.2, -0.15) is 0 Å². The molecule has 0 amide bonds. The molecule has 2 aliphatic rings. The average molecular weight is 398 g/mol. The zero-order valence-electron chi connectivity index (χ0n) is 13.2. The van der Waals surface area contributed by atoms with Crippen molar-refractivity contribution in [2.45, 2.75) is 53.1 Å². The van der Waals surface area contributed by atoms with Crippen LogP contribution in [0.5, 0.6) is 0 Å². The first-order chi connectivity index (χ1) is 9.77. The van der Waals surface area contributed by atoms with E-state index in [1.54, 1.807) is 0 Å². The van der Waals surface area contributed by atoms with Crippen molar-refractivity contribution in [2.75, 3.05) is 0 Å². The molecule has 3 unspecified atom stereocenters. The van der Waals surface area contributed by atoms with E-state index in [1.807, 2.05) is 25.1 Å². The lowest BCUT2D eigenvalue weighted by Gasteiger charge is -2.38. The third-order valence-corrected chi connectivity index (χ3v) is 7.81. The summed E-state index contributed by atoms with van der Waals surface area (Å²) < 4.78 is 6.97. The molecule has 3 heteroatoms. The minimum Gasteiger partial charge on any atom is -0.458 e. The summed E-state index contributed by atoms with van der Waals surface area (Å²) in [6.45, 7) is 9.02. The Bertz CT molecular complexity index is 593. The molecular formula is C18H23IO2. The minimum atomic E-state index is -0.155. The van der Waals surface area contributed by atoms with Crippen molar-refractivity contribution < 1.29 is 9.53 Å². The fraction of sp³-hybridized carbons (Fsp3) is 0.611. The standard InChI is InChI=1S/C18H23IO2/c1-11-6-5-7-13(15(11)19)16(20)21-14-10-12-8-9-18(14,4)17(12,2)3/h5-7,12,14H,8-10H2,1-4H3. The van der Waals surface area contributed by atoms with E-state index >= 15 is 0 Å². The summed E-state index contributed by atoms with van der Waals surface area (Å²) in [6, 6.07) is 5.83. The monoisotopic (exact) mass is 398 g/mol. The van der Waals surface area contributed by atoms with Gasteiger partial charge in [0, 0.05) is 8.99 Å². The summed E-state index contributed by atoms with van der Waals surface area (Å²) in [5.74, 6) is 0.537. The third-order valence-electron chi connectivity index (χ3n) is 6.37. The average Bonchev–Trinajstić information content (AvgIpc) is 2.75. The second kappa shape index (κ2) is 4.97. The smallest absolute Gasteiger partial charge is 0.339 e. The number of benzene rings is 1. The van der Waals surface area contributed by atoms with Crippen molar-refractivity contribution in [1.82, 2.24) is 0 Å². The van der Waals surface area contributed by atoms with Crippen LogP contribution in [-0.2, 0) is 4.74 Å². The Balaban J connectivity index is 1.82. The maximum Gasteiger partial charge on any atom is 0.339 e. The molecule has 0 aromatic heterocycles. The largest absolute Gasteiger partial charge is 0.458 e. The van der Waals surface area contributed by atoms with Crippen LogP contribution < -0.4 is 0 Å². The van der Waals surface area contributed by atoms with Gasteiger partial charge in [0.05, 0.1) is 5.56 Å². The number of hydrogen-bond acceptors (Lipinski definition) is 2. The van der Waals surface area contributed by atoms with Crippen LogP contribution in [-0.4, -0.2) is 12.1 Å². The van der Waals surface area contributed by atoms with E-state index in [-0.39, 0.29) is 22.9 Å². The molecule has 0 spiro atoms. The van der Waals surface area contributed by atoms with E-state index in [0.717, 1.165) is 15.6 Å². The van der Waals surface area contributed by atoms with E-state index in [1.165, 1.54) is 12.8 Å². The highest BCUT2D eigenvalue weighted by molar-refractivity contribution is 14.1. The van der Waals surface area contributed by atoms with Crippen molar-refractivity contribution >= 4 is 28.6 Å². The van der Waals surface area contributed by atoms with Gasteiger partial charge in [-0.25, -0.2) is 4.79 Å². The van der Waals surface area contributed by atoms with Crippen LogP contribution >= 0.6 is 22.6 Å². The quantitative estimate of drug-likeness (QED) is 0.519. The van der Waals surface area contributed by atoms with Crippen LogP contribution in [0.1, 0.15) is 56.0 Å². The molecule has 0 aliphatic heterocycles. The van der Waals surface area contributed by atoms with Gasteiger partial charge in [0.1, 0.15) is 6.10 Å². The predicted octanol–water partition coefficient (Wildman–Crippen LogP) is 4.97. The molecular weight excluding hydrogens is 375 g/mol. The number of carbonyl (C=O) groups excluding carboxylic acids is 1. The molecule has 1 aromatic carbocycles. The van der Waals surface area contributed by atoms with Gasteiger partial charge in [-0.05, 0) is 71.7 Å². The van der Waals surface area contributed by atoms with Gasteiger partial charge in [0.15, 0.2) is 0 Å². The van der Waals surface area contributed by atoms with Crippen LogP contribution in [0.4, 0.5) is 0 Å². The van der Waals surface area contributed by atoms with Crippen molar-refractivity contribution in [3.63, 3.8) is 0 Å². The van der Waals surface area contributed by atoms with Crippen molar-refractivity contribution in [3.8, 4) is 0 Å². The Morgan fingerprint density at radius 3 is 2.62 bits per heavy atom. The van der Waals surface area contributed by atoms with Gasteiger partial charge in [0.25, 0.3) is 0 Å². The fourth-order valence-electron chi connectivity index (χ4n) is 4.31. The van der Waals surface area contributed by atoms with Gasteiger partial charge in [0.2, 0.25) is 0 Å². The zero-order valence-corrected chi connectivity index (χ0v) is 15.4. The number of hydrogen-bond donors (Lipinski definition) is 0. The Labute approximate surface area is 140 Å². The molecule has 2 saturated carbocycles. The molecule has 2 bridgehead atoms. The van der Waals surface area contributed by atoms with Crippen LogP contribution in [0.3, 0.4) is 0 Å². The van der Waals surface area contributed by atoms with Gasteiger partial charge < -0.3 is 4.74 Å². The molecule has 2 fully saturated rings. The Hall–Kier alpha value is -0.580. The Morgan fingerprint density at radius 1 is 1.33 bits per heavy atom. The lowest BCUT2D eigenvalue weighted by Crippen LogP contribution is -2.38. The van der Waals surface area contributed by atoms with Gasteiger partial charge in [-0.1, -0.05) is 32.9 Å². The maximum atomic E-state index is 12.6. The highest BCUT2D eigenvalue weighted by Gasteiger charge is 2.62. The summed E-state index contributed by atoms with van der Waals surface area (Å²) in [5.41, 5.74) is 2.24. The SMILES string of the molecule is Cc1cccc(C(=O)OC2CC3CCC2(C)C3(C)C)c1I. The number of esters is 1. The van der Waals surface area contributed by atoms with Crippen molar-refractivity contribution in [2.24, 2.45) is 16.7 Å². The molecule has 0 N–H and O–H groups in total. The van der Waals surface area contributed by atoms with Crippen LogP contribution in [0, 0.1) is 27.2 Å². The number of fused-ring (bicyclic) bond motifs is 2. The number of carbonyl (C=O) groups is 1. The van der Waals surface area contributed by atoms with E-state index in [2.05, 4.69) is 43.4 Å². The first-order valence-electron chi connectivity index (χ1n) is 7.73. The normalized spacial score (nSPS) is 33.2. The number of rotatable bonds is 2. The molecule has 0 heterocycles. The second-order valence-electron chi connectivity index (χ2n) is 7.44. The third kappa shape index (κ3) is 2.14. The van der Waals surface area contributed by atoms with Gasteiger partial charge in [-0.3, -0.25) is 0 Å². The molecule has 21 heavy (non-hydrogen) atoms. The fourth-order valence-corrected chi connectivity index (χ4v) is 4.89. The maximum absolute atomic E-state index is 12.6. The van der Waals surface area contributed by atoms with E-state index < -0.39 is 0 Å². The van der Waals surface area contributed by atoms with E-state index in [9.17, 15) is 4.79 Å². The lowest BCUT2D eigenvalue weighted by molar-refractivity contribution is -0.0243. The van der Waals surface area contributed by atoms with E-state index in [0.29, 0.717) is 11.5 Å². The molecule has 114 valence electrons. The van der Waals surface area contributed by atoms with Crippen LogP contribution in [0.2, 0.25) is 0 Å². The van der Waals surface area contributed by atoms with Gasteiger partial charge >= 0.3 is 5.97 Å². The molecule has 3 atom stereocenters. The molecule has 0 radical (unpaired) electrons. The van der Waals surface area contributed by atoms with Crippen molar-refractivity contribution in [1.29, 1.82) is 0 Å². The summed E-state index contributed by atoms with van der Waals surface area (Å²) in [7, 11) is 0. The Morgan fingerprint density at radius 2 is 2.05 bits per heavy atom. The second-order valence-corrected chi connectivity index (χ2v) is 8.52. The summed E-state index contributed by atoms with van der Waals surface area (Å²) in [6.07, 6.45) is 3.54. The van der Waals surface area contributed by atoms with Crippen LogP contribution in [0.25, 0.3) is 0 Å². The Kier molecular flexibility index (Phi) is 3.62. The number of aryl methyl sites for hydroxylation is 1. The summed E-state index contributed by atoms with van der Waals surface area (Å²) >= 11 is 2.24. The topological polar surface area (TPSA) is 26.3 Å². The first-order valence-corrected chi connectivity index (χ1v) is 8.81. The lowest BCUT2D eigenvalue weighted by atomic mass is 9.70. The highest BCUT2D eigenvalue weighted by atomic mass is 127. The number of ether oxygens (including phenoxy) is 1. The van der Waals surface area contributed by atoms with Gasteiger partial charge in [-0.15, -0.1) is 0 Å². The molecule has 3 rings (SSSR count). The molecule has 1 aromatic rings. The first kappa shape index (κ1) is 15.3. The van der Waals surface area contributed by atoms with Crippen molar-refractivity contribution in [3.05, 3.63) is 32.9 Å². The predicted molar refractivity (Wildman–Crippen MR) is 92.3 cm³/mol. The highest BCUT2D eigenvalue weighted by Crippen LogP contribution is 2.66. The summed E-state index contributed by atoms with van der Waals surface area (Å²) in [4.78, 5) is 12.6. The van der Waals surface area contributed by atoms with E-state index in [4.69, 9.17) is 4.74 Å². The summed E-state index contributed by atoms with van der Waals surface area (Å²) in [5, 5.41) is 0. The molecule has 2 nitrogen and oxygen atoms in total. The minimum absolute atomic E-state index is 0.0649. The molecule has 2 aliphatic carbocycles. The molecule has 0 saturated heterocycles. The zero-order chi connectivity index (χ0) is 15.4. The van der Waals surface area contributed by atoms with Crippen LogP contribution in [0.15, 0.2) is 18.2 Å².